The molecule has 2 aliphatic rings. The summed E-state index contributed by atoms with van der Waals surface area (Å²) in [4.78, 5) is 42.3. The number of ether oxygens (including phenoxy) is 1. The van der Waals surface area contributed by atoms with Gasteiger partial charge in [0.25, 0.3) is 5.91 Å². The number of benzene rings is 1. The normalized spacial score (nSPS) is 19.6. The van der Waals surface area contributed by atoms with Crippen LogP contribution in [-0.4, -0.2) is 33.4 Å². The van der Waals surface area contributed by atoms with Crippen molar-refractivity contribution < 1.29 is 19.1 Å². The van der Waals surface area contributed by atoms with Crippen molar-refractivity contribution >= 4 is 17.5 Å². The molecular formula is C20H18N2O4. The number of aromatic nitrogens is 1. The quantitative estimate of drug-likeness (QED) is 0.791. The molecule has 1 aromatic carbocycles. The Balaban J connectivity index is 1.54. The molecule has 6 heteroatoms. The van der Waals surface area contributed by atoms with Crippen LogP contribution in [0.2, 0.25) is 0 Å². The molecule has 0 spiro atoms. The fourth-order valence-electron chi connectivity index (χ4n) is 3.54. The molecular weight excluding hydrogens is 332 g/mol. The SMILES string of the molecule is O=C1CCC(N2Cc3c(OCc4ccccn4)cccc3C2=O)C(=O)C1. The third-order valence-electron chi connectivity index (χ3n) is 4.87. The first-order valence-corrected chi connectivity index (χ1v) is 8.63. The molecule has 1 fully saturated rings. The molecule has 2 heterocycles. The van der Waals surface area contributed by atoms with Crippen molar-refractivity contribution in [2.24, 2.45) is 0 Å². The van der Waals surface area contributed by atoms with Gasteiger partial charge in [-0.1, -0.05) is 12.1 Å². The van der Waals surface area contributed by atoms with Gasteiger partial charge >= 0.3 is 0 Å². The van der Waals surface area contributed by atoms with Gasteiger partial charge in [0.2, 0.25) is 0 Å². The van der Waals surface area contributed by atoms with Crippen LogP contribution in [0.3, 0.4) is 0 Å². The third kappa shape index (κ3) is 2.98. The molecule has 1 aliphatic heterocycles. The Morgan fingerprint density at radius 1 is 1.12 bits per heavy atom. The summed E-state index contributed by atoms with van der Waals surface area (Å²) in [6.45, 7) is 0.638. The lowest BCUT2D eigenvalue weighted by atomic mass is 9.92. The standard InChI is InChI=1S/C20H18N2O4/c23-14-7-8-17(18(24)10-14)22-11-16-15(20(22)25)5-3-6-19(16)26-12-13-4-1-2-9-21-13/h1-6,9,17H,7-8,10-12H2. The maximum absolute atomic E-state index is 12.8. The number of carbonyl (C=O) groups excluding carboxylic acids is 3. The Hall–Kier alpha value is -3.02. The van der Waals surface area contributed by atoms with E-state index in [0.29, 0.717) is 37.3 Å². The van der Waals surface area contributed by atoms with Crippen LogP contribution in [0.5, 0.6) is 5.75 Å². The first kappa shape index (κ1) is 16.4. The number of nitrogens with zero attached hydrogens (tertiary/aromatic N) is 2. The number of ketones is 2. The van der Waals surface area contributed by atoms with Gasteiger partial charge in [0.05, 0.1) is 24.7 Å². The molecule has 132 valence electrons. The van der Waals surface area contributed by atoms with Crippen molar-refractivity contribution in [3.05, 3.63) is 59.4 Å². The second kappa shape index (κ2) is 6.71. The highest BCUT2D eigenvalue weighted by molar-refractivity contribution is 6.07. The molecule has 1 aliphatic carbocycles. The molecule has 4 rings (SSSR count). The molecule has 1 unspecified atom stereocenters. The van der Waals surface area contributed by atoms with E-state index in [1.807, 2.05) is 24.3 Å². The van der Waals surface area contributed by atoms with Crippen molar-refractivity contribution in [3.8, 4) is 5.75 Å². The summed E-state index contributed by atoms with van der Waals surface area (Å²) in [6.07, 6.45) is 2.38. The predicted molar refractivity (Wildman–Crippen MR) is 92.5 cm³/mol. The van der Waals surface area contributed by atoms with Gasteiger partial charge in [0.1, 0.15) is 18.1 Å². The number of pyridine rings is 1. The number of hydrogen-bond donors (Lipinski definition) is 0. The summed E-state index contributed by atoms with van der Waals surface area (Å²) in [6, 6.07) is 10.4. The lowest BCUT2D eigenvalue weighted by Crippen LogP contribution is -2.44. The molecule has 2 aromatic rings. The lowest BCUT2D eigenvalue weighted by molar-refractivity contribution is -0.133. The zero-order valence-electron chi connectivity index (χ0n) is 14.2. The van der Waals surface area contributed by atoms with E-state index in [1.54, 1.807) is 23.2 Å². The minimum absolute atomic E-state index is 0.0465. The van der Waals surface area contributed by atoms with E-state index < -0.39 is 6.04 Å². The summed E-state index contributed by atoms with van der Waals surface area (Å²) < 4.78 is 5.88. The van der Waals surface area contributed by atoms with Crippen LogP contribution in [0, 0.1) is 0 Å². The fourth-order valence-corrected chi connectivity index (χ4v) is 3.54. The fraction of sp³-hybridized carbons (Fsp3) is 0.300. The topological polar surface area (TPSA) is 76.6 Å². The Bertz CT molecular complexity index is 879. The Labute approximate surface area is 150 Å². The van der Waals surface area contributed by atoms with Gasteiger partial charge in [-0.25, -0.2) is 0 Å². The lowest BCUT2D eigenvalue weighted by Gasteiger charge is -2.29. The average molecular weight is 350 g/mol. The summed E-state index contributed by atoms with van der Waals surface area (Å²) in [5, 5.41) is 0. The monoisotopic (exact) mass is 350 g/mol. The molecule has 0 saturated heterocycles. The van der Waals surface area contributed by atoms with Crippen LogP contribution in [-0.2, 0) is 22.7 Å². The van der Waals surface area contributed by atoms with E-state index in [-0.39, 0.29) is 23.9 Å². The molecule has 1 amide bonds. The Kier molecular flexibility index (Phi) is 4.24. The molecule has 0 N–H and O–H groups in total. The summed E-state index contributed by atoms with van der Waals surface area (Å²) in [5.74, 6) is 0.243. The second-order valence-corrected chi connectivity index (χ2v) is 6.56. The first-order chi connectivity index (χ1) is 12.6. The maximum Gasteiger partial charge on any atom is 0.255 e. The number of Topliss-reactive ketones (excluding diaryl/α,β-unsaturated/α-hetero) is 2. The molecule has 1 atom stereocenters. The van der Waals surface area contributed by atoms with Gasteiger partial charge in [-0.2, -0.15) is 0 Å². The van der Waals surface area contributed by atoms with Crippen LogP contribution in [0.15, 0.2) is 42.6 Å². The summed E-state index contributed by atoms with van der Waals surface area (Å²) in [5.41, 5.74) is 2.15. The molecule has 1 saturated carbocycles. The van der Waals surface area contributed by atoms with Gasteiger partial charge in [-0.3, -0.25) is 19.4 Å². The number of fused-ring (bicyclic) bond motifs is 1. The summed E-state index contributed by atoms with van der Waals surface area (Å²) in [7, 11) is 0. The van der Waals surface area contributed by atoms with E-state index in [2.05, 4.69) is 4.98 Å². The predicted octanol–water partition coefficient (Wildman–Crippen LogP) is 2.31. The van der Waals surface area contributed by atoms with Crippen molar-refractivity contribution in [1.29, 1.82) is 0 Å². The molecule has 6 nitrogen and oxygen atoms in total. The number of amides is 1. The largest absolute Gasteiger partial charge is 0.487 e. The van der Waals surface area contributed by atoms with E-state index in [1.165, 1.54) is 0 Å². The Morgan fingerprint density at radius 2 is 2.00 bits per heavy atom. The highest BCUT2D eigenvalue weighted by Crippen LogP contribution is 2.34. The van der Waals surface area contributed by atoms with Crippen LogP contribution >= 0.6 is 0 Å². The van der Waals surface area contributed by atoms with Crippen molar-refractivity contribution in [2.45, 2.75) is 38.5 Å². The molecule has 26 heavy (non-hydrogen) atoms. The average Bonchev–Trinajstić information content (AvgIpc) is 2.98. The van der Waals surface area contributed by atoms with Gasteiger partial charge < -0.3 is 9.64 Å². The highest BCUT2D eigenvalue weighted by Gasteiger charge is 2.39. The first-order valence-electron chi connectivity index (χ1n) is 8.63. The summed E-state index contributed by atoms with van der Waals surface area (Å²) >= 11 is 0. The molecule has 0 radical (unpaired) electrons. The molecule has 0 bridgehead atoms. The van der Waals surface area contributed by atoms with Crippen LogP contribution in [0.25, 0.3) is 0 Å². The Morgan fingerprint density at radius 3 is 2.77 bits per heavy atom. The van der Waals surface area contributed by atoms with Crippen LogP contribution < -0.4 is 4.74 Å². The van der Waals surface area contributed by atoms with Crippen molar-refractivity contribution in [2.75, 3.05) is 0 Å². The minimum Gasteiger partial charge on any atom is -0.487 e. The highest BCUT2D eigenvalue weighted by atomic mass is 16.5. The smallest absolute Gasteiger partial charge is 0.255 e. The van der Waals surface area contributed by atoms with Gasteiger partial charge in [-0.05, 0) is 30.7 Å². The van der Waals surface area contributed by atoms with E-state index >= 15 is 0 Å². The number of carbonyl (C=O) groups is 3. The zero-order valence-corrected chi connectivity index (χ0v) is 14.2. The zero-order chi connectivity index (χ0) is 18.1. The van der Waals surface area contributed by atoms with Crippen LogP contribution in [0.4, 0.5) is 0 Å². The van der Waals surface area contributed by atoms with Crippen LogP contribution in [0.1, 0.15) is 40.9 Å². The maximum atomic E-state index is 12.8. The third-order valence-corrected chi connectivity index (χ3v) is 4.87. The van der Waals surface area contributed by atoms with Crippen molar-refractivity contribution in [1.82, 2.24) is 9.88 Å². The number of hydrogen-bond acceptors (Lipinski definition) is 5. The van der Waals surface area contributed by atoms with Gasteiger partial charge in [-0.15, -0.1) is 0 Å². The molecule has 1 aromatic heterocycles. The van der Waals surface area contributed by atoms with E-state index in [4.69, 9.17) is 4.74 Å². The second-order valence-electron chi connectivity index (χ2n) is 6.56. The van der Waals surface area contributed by atoms with E-state index in [9.17, 15) is 14.4 Å². The van der Waals surface area contributed by atoms with Crippen molar-refractivity contribution in [3.63, 3.8) is 0 Å². The minimum atomic E-state index is -0.517. The number of rotatable bonds is 4. The van der Waals surface area contributed by atoms with Gasteiger partial charge in [0.15, 0.2) is 5.78 Å². The van der Waals surface area contributed by atoms with E-state index in [0.717, 1.165) is 11.3 Å². The van der Waals surface area contributed by atoms with Gasteiger partial charge in [0, 0.05) is 23.7 Å².